The third-order valence-corrected chi connectivity index (χ3v) is 17.9. The first-order chi connectivity index (χ1) is 36.5. The van der Waals surface area contributed by atoms with E-state index in [4.69, 9.17) is 15.9 Å². The number of carbonyl (C=O) groups is 1. The molecule has 6 aromatic rings. The Labute approximate surface area is 445 Å². The highest BCUT2D eigenvalue weighted by Crippen LogP contribution is 2.53. The van der Waals surface area contributed by atoms with Crippen LogP contribution < -0.4 is 24.4 Å². The lowest BCUT2D eigenvalue weighted by atomic mass is 9.59. The van der Waals surface area contributed by atoms with Crippen LogP contribution in [0.15, 0.2) is 108 Å². The molecule has 398 valence electrons. The number of piperazine rings is 1. The Morgan fingerprint density at radius 1 is 0.974 bits per heavy atom. The van der Waals surface area contributed by atoms with E-state index in [0.717, 1.165) is 106 Å². The average molecular weight is 1050 g/mol. The zero-order chi connectivity index (χ0) is 53.4. The number of amides is 1. The molecule has 16 nitrogen and oxygen atoms in total. The number of aromatic amines is 1. The molecule has 4 N–H and O–H groups in total. The number of carbonyl (C=O) groups excluding carboxylic acids is 1. The SMILES string of the molecule is C#Cc1ccc(CN2CCN(C3CC4(CCN(c5ccc(C(=O)NS(=O)(=O)c6ccc(NC[C@H]7CC[C@](C)(O)CC7)c([N+](=O)[O-])c6)c(Oc6cnc7[nH]ccc7c6)c5)CC4)C3)C(c3ccccc3C(C)C)C2)cc1OC. The van der Waals surface area contributed by atoms with Gasteiger partial charge in [-0.3, -0.25) is 24.7 Å². The molecule has 2 saturated heterocycles. The lowest BCUT2D eigenvalue weighted by molar-refractivity contribution is -0.384. The van der Waals surface area contributed by atoms with Crippen LogP contribution in [0.25, 0.3) is 11.0 Å². The molecule has 2 saturated carbocycles. The molecule has 0 radical (unpaired) electrons. The fourth-order valence-electron chi connectivity index (χ4n) is 12.1. The molecule has 76 heavy (non-hydrogen) atoms. The number of nitrogens with zero attached hydrogens (tertiary/aromatic N) is 5. The van der Waals surface area contributed by atoms with Crippen LogP contribution in [0.5, 0.6) is 17.2 Å². The maximum atomic E-state index is 14.1. The predicted octanol–water partition coefficient (Wildman–Crippen LogP) is 10.2. The zero-order valence-electron chi connectivity index (χ0n) is 43.8. The molecule has 1 unspecified atom stereocenters. The van der Waals surface area contributed by atoms with E-state index < -0.39 is 37.0 Å². The topological polar surface area (TPSA) is 196 Å². The standard InChI is InChI=1S/C59H68N8O8S/c1-6-42-12-11-41(29-54(42)74-5)37-64-27-28-66(53(38-64)49-10-8-7-9-48(49)39(2)3)45-33-59(34-45)22-25-65(26-23-59)44-13-15-50(55(31-44)75-46-30-43-19-24-60-56(43)62-36-46)57(68)63-76(72,73)47-14-16-51(52(32-47)67(70)71)61-35-40-17-20-58(4,69)21-18-40/h1,7-16,19,24,29-32,36,39-40,45,53,61,69H,17-18,20-23,25-28,33-35,37-38H2,2-5H3,(H,60,62)(H,63,68)/t40-,53?,58-. The maximum absolute atomic E-state index is 14.1. The Balaban J connectivity index is 0.831. The molecule has 4 heterocycles. The van der Waals surface area contributed by atoms with Gasteiger partial charge in [-0.15, -0.1) is 6.42 Å². The number of aromatic nitrogens is 2. The van der Waals surface area contributed by atoms with Crippen LogP contribution in [-0.4, -0.2) is 102 Å². The molecule has 2 aliphatic carbocycles. The van der Waals surface area contributed by atoms with E-state index in [0.29, 0.717) is 42.7 Å². The number of methoxy groups -OCH3 is 1. The van der Waals surface area contributed by atoms with Crippen molar-refractivity contribution in [2.24, 2.45) is 11.3 Å². The van der Waals surface area contributed by atoms with Crippen molar-refractivity contribution in [3.05, 3.63) is 141 Å². The van der Waals surface area contributed by atoms with E-state index in [1.807, 2.05) is 25.1 Å². The number of piperidine rings is 1. The number of rotatable bonds is 16. The van der Waals surface area contributed by atoms with Gasteiger partial charge >= 0.3 is 0 Å². The number of terminal acetylenes is 1. The minimum atomic E-state index is -4.60. The first-order valence-corrected chi connectivity index (χ1v) is 28.0. The number of pyridine rings is 1. The van der Waals surface area contributed by atoms with Crippen molar-refractivity contribution in [2.45, 2.75) is 107 Å². The van der Waals surface area contributed by atoms with E-state index in [1.54, 1.807) is 31.5 Å². The lowest BCUT2D eigenvalue weighted by Gasteiger charge is -2.58. The number of nitro groups is 1. The number of fused-ring (bicyclic) bond motifs is 1. The number of ether oxygens (including phenoxy) is 2. The van der Waals surface area contributed by atoms with Gasteiger partial charge in [0.1, 0.15) is 28.6 Å². The molecule has 2 aliphatic heterocycles. The van der Waals surface area contributed by atoms with E-state index in [2.05, 4.69) is 90.9 Å². The van der Waals surface area contributed by atoms with Crippen LogP contribution in [0.1, 0.15) is 117 Å². The summed E-state index contributed by atoms with van der Waals surface area (Å²) in [6, 6.07) is 28.2. The minimum Gasteiger partial charge on any atom is -0.495 e. The smallest absolute Gasteiger partial charge is 0.293 e. The number of anilines is 2. The van der Waals surface area contributed by atoms with Gasteiger partial charge in [0.05, 0.1) is 39.9 Å². The van der Waals surface area contributed by atoms with Crippen molar-refractivity contribution < 1.29 is 32.7 Å². The fraction of sp³-hybridized carbons (Fsp3) is 0.424. The third kappa shape index (κ3) is 11.3. The van der Waals surface area contributed by atoms with Crippen LogP contribution in [-0.2, 0) is 16.6 Å². The molecule has 4 fully saturated rings. The number of benzene rings is 4. The van der Waals surface area contributed by atoms with Gasteiger partial charge in [0.2, 0.25) is 0 Å². The third-order valence-electron chi connectivity index (χ3n) is 16.6. The largest absolute Gasteiger partial charge is 0.495 e. The van der Waals surface area contributed by atoms with E-state index in [9.17, 15) is 28.4 Å². The molecule has 10 rings (SSSR count). The lowest BCUT2D eigenvalue weighted by Crippen LogP contribution is -2.60. The second-order valence-corrected chi connectivity index (χ2v) is 23.7. The fourth-order valence-corrected chi connectivity index (χ4v) is 13.1. The van der Waals surface area contributed by atoms with E-state index in [-0.39, 0.29) is 34.4 Å². The van der Waals surface area contributed by atoms with Gasteiger partial charge in [-0.05, 0) is 141 Å². The van der Waals surface area contributed by atoms with Gasteiger partial charge in [-0.25, -0.2) is 18.1 Å². The van der Waals surface area contributed by atoms with Gasteiger partial charge in [0.15, 0.2) is 0 Å². The number of nitrogens with one attached hydrogen (secondary N) is 3. The Morgan fingerprint density at radius 2 is 1.75 bits per heavy atom. The minimum absolute atomic E-state index is 0.0359. The first kappa shape index (κ1) is 52.5. The summed E-state index contributed by atoms with van der Waals surface area (Å²) in [5.74, 6) is 3.57. The van der Waals surface area contributed by atoms with Crippen molar-refractivity contribution in [1.29, 1.82) is 0 Å². The van der Waals surface area contributed by atoms with Crippen molar-refractivity contribution >= 4 is 44.0 Å². The molecule has 17 heteroatoms. The summed E-state index contributed by atoms with van der Waals surface area (Å²) >= 11 is 0. The van der Waals surface area contributed by atoms with Gasteiger partial charge in [-0.2, -0.15) is 0 Å². The molecule has 2 aromatic heterocycles. The van der Waals surface area contributed by atoms with Crippen LogP contribution in [0.3, 0.4) is 0 Å². The average Bonchev–Trinajstić information content (AvgIpc) is 3.89. The van der Waals surface area contributed by atoms with Crippen molar-refractivity contribution in [3.63, 3.8) is 0 Å². The molecule has 1 amide bonds. The van der Waals surface area contributed by atoms with Gasteiger partial charge in [0.25, 0.3) is 21.6 Å². The van der Waals surface area contributed by atoms with Crippen LogP contribution in [0, 0.1) is 33.8 Å². The maximum Gasteiger partial charge on any atom is 0.293 e. The normalized spacial score (nSPS) is 21.2. The van der Waals surface area contributed by atoms with Crippen molar-refractivity contribution in [3.8, 4) is 29.6 Å². The Morgan fingerprint density at radius 3 is 2.49 bits per heavy atom. The highest BCUT2D eigenvalue weighted by Gasteiger charge is 2.50. The number of hydrogen-bond acceptors (Lipinski definition) is 13. The Kier molecular flexibility index (Phi) is 14.9. The predicted molar refractivity (Wildman–Crippen MR) is 295 cm³/mol. The monoisotopic (exact) mass is 1050 g/mol. The Hall–Kier alpha value is -6.97. The summed E-state index contributed by atoms with van der Waals surface area (Å²) in [4.78, 5) is 40.5. The molecule has 4 aromatic carbocycles. The zero-order valence-corrected chi connectivity index (χ0v) is 44.6. The number of aliphatic hydroxyl groups is 1. The summed E-state index contributed by atoms with van der Waals surface area (Å²) < 4.78 is 41.9. The number of hydrogen-bond donors (Lipinski definition) is 4. The summed E-state index contributed by atoms with van der Waals surface area (Å²) in [7, 11) is -2.93. The van der Waals surface area contributed by atoms with Crippen molar-refractivity contribution in [2.75, 3.05) is 56.6 Å². The molecule has 4 aliphatic rings. The van der Waals surface area contributed by atoms with Crippen molar-refractivity contribution in [1.82, 2.24) is 24.5 Å². The summed E-state index contributed by atoms with van der Waals surface area (Å²) in [6.45, 7) is 12.0. The molecule has 0 bridgehead atoms. The van der Waals surface area contributed by atoms with E-state index >= 15 is 0 Å². The number of H-pyrrole nitrogens is 1. The molecular formula is C59H68N8O8S. The summed E-state index contributed by atoms with van der Waals surface area (Å²) in [5, 5.41) is 26.5. The van der Waals surface area contributed by atoms with Crippen LogP contribution in [0.2, 0.25) is 0 Å². The molecule has 1 atom stereocenters. The van der Waals surface area contributed by atoms with Crippen LogP contribution in [0.4, 0.5) is 17.1 Å². The second kappa shape index (κ2) is 21.6. The van der Waals surface area contributed by atoms with Gasteiger partial charge < -0.3 is 29.8 Å². The highest BCUT2D eigenvalue weighted by molar-refractivity contribution is 7.90. The number of nitro benzene ring substituents is 1. The Bertz CT molecular complexity index is 3270. The van der Waals surface area contributed by atoms with Gasteiger partial charge in [-0.1, -0.05) is 50.1 Å². The summed E-state index contributed by atoms with van der Waals surface area (Å²) in [5.41, 5.74) is 5.42. The number of sulfonamides is 1. The molecule has 1 spiro atoms. The highest BCUT2D eigenvalue weighted by atomic mass is 32.2. The van der Waals surface area contributed by atoms with Crippen LogP contribution >= 0.6 is 0 Å². The quantitative estimate of drug-likeness (QED) is 0.0407. The molecular weight excluding hydrogens is 981 g/mol. The first-order valence-electron chi connectivity index (χ1n) is 26.5. The van der Waals surface area contributed by atoms with Gasteiger partial charge in [0, 0.05) is 87.3 Å². The van der Waals surface area contributed by atoms with E-state index in [1.165, 1.54) is 35.0 Å². The summed E-state index contributed by atoms with van der Waals surface area (Å²) in [6.07, 6.45) is 16.1. The second-order valence-electron chi connectivity index (χ2n) is 22.1.